The molecule has 1 atom stereocenters. The van der Waals surface area contributed by atoms with Gasteiger partial charge < -0.3 is 11.1 Å². The Labute approximate surface area is 83.3 Å². The Morgan fingerprint density at radius 1 is 1.79 bits per heavy atom. The minimum Gasteiger partial charge on any atom is -0.348 e. The fraction of sp³-hybridized carbons (Fsp3) is 0.556. The number of rotatable bonds is 3. The van der Waals surface area contributed by atoms with Crippen molar-refractivity contribution in [3.63, 3.8) is 0 Å². The van der Waals surface area contributed by atoms with Crippen LogP contribution in [-0.2, 0) is 7.05 Å². The van der Waals surface area contributed by atoms with Crippen molar-refractivity contribution in [2.45, 2.75) is 19.9 Å². The molecular formula is C9H16N4O. The monoisotopic (exact) mass is 196 g/mol. The molecule has 0 spiro atoms. The van der Waals surface area contributed by atoms with Crippen molar-refractivity contribution in [2.24, 2.45) is 12.8 Å². The van der Waals surface area contributed by atoms with Crippen LogP contribution in [0.4, 0.5) is 0 Å². The molecule has 0 saturated carbocycles. The lowest BCUT2D eigenvalue weighted by molar-refractivity contribution is 0.0940. The van der Waals surface area contributed by atoms with Gasteiger partial charge in [-0.2, -0.15) is 5.10 Å². The quantitative estimate of drug-likeness (QED) is 0.703. The van der Waals surface area contributed by atoms with Gasteiger partial charge in [-0.15, -0.1) is 0 Å². The summed E-state index contributed by atoms with van der Waals surface area (Å²) in [5.41, 5.74) is 6.74. The fourth-order valence-corrected chi connectivity index (χ4v) is 1.18. The summed E-state index contributed by atoms with van der Waals surface area (Å²) in [5, 5.41) is 6.87. The van der Waals surface area contributed by atoms with Crippen LogP contribution in [0.2, 0.25) is 0 Å². The van der Waals surface area contributed by atoms with Gasteiger partial charge in [-0.05, 0) is 13.8 Å². The van der Waals surface area contributed by atoms with Gasteiger partial charge in [0.25, 0.3) is 5.91 Å². The van der Waals surface area contributed by atoms with E-state index >= 15 is 0 Å². The van der Waals surface area contributed by atoms with Gasteiger partial charge in [0.2, 0.25) is 0 Å². The van der Waals surface area contributed by atoms with E-state index in [2.05, 4.69) is 10.4 Å². The van der Waals surface area contributed by atoms with E-state index in [1.165, 1.54) is 0 Å². The first kappa shape index (κ1) is 10.7. The largest absolute Gasteiger partial charge is 0.348 e. The zero-order valence-electron chi connectivity index (χ0n) is 8.74. The lowest BCUT2D eigenvalue weighted by atomic mass is 10.2. The van der Waals surface area contributed by atoms with Crippen molar-refractivity contribution >= 4 is 5.91 Å². The maximum Gasteiger partial charge on any atom is 0.254 e. The molecular weight excluding hydrogens is 180 g/mol. The van der Waals surface area contributed by atoms with E-state index in [0.29, 0.717) is 12.1 Å². The fourth-order valence-electron chi connectivity index (χ4n) is 1.18. The summed E-state index contributed by atoms with van der Waals surface area (Å²) in [6, 6.07) is -0.0119. The number of hydrogen-bond donors (Lipinski definition) is 2. The van der Waals surface area contributed by atoms with E-state index in [1.807, 2.05) is 13.8 Å². The minimum atomic E-state index is -0.117. The summed E-state index contributed by atoms with van der Waals surface area (Å²) in [4.78, 5) is 11.6. The third kappa shape index (κ3) is 2.32. The third-order valence-corrected chi connectivity index (χ3v) is 1.99. The molecule has 78 valence electrons. The zero-order valence-corrected chi connectivity index (χ0v) is 8.74. The van der Waals surface area contributed by atoms with Gasteiger partial charge in [0.1, 0.15) is 0 Å². The Morgan fingerprint density at radius 3 is 2.86 bits per heavy atom. The average Bonchev–Trinajstić information content (AvgIpc) is 2.45. The Kier molecular flexibility index (Phi) is 3.24. The number of nitrogens with one attached hydrogen (secondary N) is 1. The lowest BCUT2D eigenvalue weighted by Crippen LogP contribution is -2.37. The number of aryl methyl sites for hydroxylation is 2. The van der Waals surface area contributed by atoms with Crippen LogP contribution in [0, 0.1) is 6.92 Å². The maximum atomic E-state index is 11.6. The summed E-state index contributed by atoms with van der Waals surface area (Å²) in [7, 11) is 1.79. The topological polar surface area (TPSA) is 72.9 Å². The summed E-state index contributed by atoms with van der Waals surface area (Å²) in [5.74, 6) is -0.117. The SMILES string of the molecule is Cc1nn(C)cc1C(=O)N[C@H](C)CN. The number of amides is 1. The van der Waals surface area contributed by atoms with Crippen molar-refractivity contribution in [3.05, 3.63) is 17.5 Å². The standard InChI is InChI=1S/C9H16N4O/c1-6(4-10)11-9(14)8-5-13(3)12-7(8)2/h5-6H,4,10H2,1-3H3,(H,11,14)/t6-/m1/s1. The number of nitrogens with zero attached hydrogens (tertiary/aromatic N) is 2. The Hall–Kier alpha value is -1.36. The van der Waals surface area contributed by atoms with Crippen LogP contribution in [0.1, 0.15) is 23.0 Å². The highest BCUT2D eigenvalue weighted by molar-refractivity contribution is 5.95. The zero-order chi connectivity index (χ0) is 10.7. The van der Waals surface area contributed by atoms with Crippen LogP contribution in [-0.4, -0.2) is 28.3 Å². The molecule has 0 saturated heterocycles. The van der Waals surface area contributed by atoms with Gasteiger partial charge >= 0.3 is 0 Å². The van der Waals surface area contributed by atoms with Crippen molar-refractivity contribution in [2.75, 3.05) is 6.54 Å². The van der Waals surface area contributed by atoms with E-state index in [-0.39, 0.29) is 11.9 Å². The molecule has 0 fully saturated rings. The molecule has 0 unspecified atom stereocenters. The van der Waals surface area contributed by atoms with Crippen LogP contribution in [0.3, 0.4) is 0 Å². The summed E-state index contributed by atoms with van der Waals surface area (Å²) in [6.07, 6.45) is 1.70. The van der Waals surface area contributed by atoms with Crippen LogP contribution < -0.4 is 11.1 Å². The predicted octanol–water partition coefficient (Wildman–Crippen LogP) is -0.194. The third-order valence-electron chi connectivity index (χ3n) is 1.99. The van der Waals surface area contributed by atoms with E-state index in [1.54, 1.807) is 17.9 Å². The molecule has 0 radical (unpaired) electrons. The van der Waals surface area contributed by atoms with Gasteiger partial charge in [-0.1, -0.05) is 0 Å². The van der Waals surface area contributed by atoms with Crippen molar-refractivity contribution < 1.29 is 4.79 Å². The molecule has 14 heavy (non-hydrogen) atoms. The van der Waals surface area contributed by atoms with Crippen LogP contribution in [0.5, 0.6) is 0 Å². The smallest absolute Gasteiger partial charge is 0.254 e. The second kappa shape index (κ2) is 4.23. The Morgan fingerprint density at radius 2 is 2.43 bits per heavy atom. The Bertz CT molecular complexity index is 332. The molecule has 5 heteroatoms. The molecule has 1 amide bonds. The number of carbonyl (C=O) groups excluding carboxylic acids is 1. The minimum absolute atomic E-state index is 0.0119. The second-order valence-corrected chi connectivity index (χ2v) is 3.41. The second-order valence-electron chi connectivity index (χ2n) is 3.41. The summed E-state index contributed by atoms with van der Waals surface area (Å²) in [6.45, 7) is 4.11. The van der Waals surface area contributed by atoms with Crippen molar-refractivity contribution in [1.29, 1.82) is 0 Å². The van der Waals surface area contributed by atoms with Gasteiger partial charge in [0, 0.05) is 25.8 Å². The molecule has 1 aromatic heterocycles. The van der Waals surface area contributed by atoms with E-state index in [9.17, 15) is 4.79 Å². The van der Waals surface area contributed by atoms with Crippen molar-refractivity contribution in [1.82, 2.24) is 15.1 Å². The van der Waals surface area contributed by atoms with Gasteiger partial charge in [0.05, 0.1) is 11.3 Å². The van der Waals surface area contributed by atoms with E-state index in [4.69, 9.17) is 5.73 Å². The summed E-state index contributed by atoms with van der Waals surface area (Å²) < 4.78 is 1.62. The molecule has 1 aromatic rings. The molecule has 0 aliphatic heterocycles. The molecule has 1 rings (SSSR count). The molecule has 0 aliphatic rings. The highest BCUT2D eigenvalue weighted by atomic mass is 16.1. The number of carbonyl (C=O) groups is 1. The van der Waals surface area contributed by atoms with E-state index in [0.717, 1.165) is 5.69 Å². The first-order chi connectivity index (χ1) is 6.54. The van der Waals surface area contributed by atoms with Crippen LogP contribution >= 0.6 is 0 Å². The lowest BCUT2D eigenvalue weighted by Gasteiger charge is -2.10. The molecule has 1 heterocycles. The number of hydrogen-bond acceptors (Lipinski definition) is 3. The predicted molar refractivity (Wildman–Crippen MR) is 53.9 cm³/mol. The molecule has 0 bridgehead atoms. The number of aromatic nitrogens is 2. The van der Waals surface area contributed by atoms with Gasteiger partial charge in [-0.25, -0.2) is 0 Å². The van der Waals surface area contributed by atoms with Gasteiger partial charge in [-0.3, -0.25) is 9.48 Å². The molecule has 0 aromatic carbocycles. The van der Waals surface area contributed by atoms with Crippen LogP contribution in [0.25, 0.3) is 0 Å². The molecule has 0 aliphatic carbocycles. The van der Waals surface area contributed by atoms with Crippen molar-refractivity contribution in [3.8, 4) is 0 Å². The highest BCUT2D eigenvalue weighted by Gasteiger charge is 2.13. The highest BCUT2D eigenvalue weighted by Crippen LogP contribution is 2.04. The molecule has 3 N–H and O–H groups in total. The first-order valence-electron chi connectivity index (χ1n) is 4.55. The maximum absolute atomic E-state index is 11.6. The molecule has 5 nitrogen and oxygen atoms in total. The summed E-state index contributed by atoms with van der Waals surface area (Å²) >= 11 is 0. The number of nitrogens with two attached hydrogens (primary N) is 1. The van der Waals surface area contributed by atoms with Gasteiger partial charge in [0.15, 0.2) is 0 Å². The van der Waals surface area contributed by atoms with E-state index < -0.39 is 0 Å². The Balaban J connectivity index is 2.74. The normalized spacial score (nSPS) is 12.6. The average molecular weight is 196 g/mol. The first-order valence-corrected chi connectivity index (χ1v) is 4.55. The van der Waals surface area contributed by atoms with Crippen LogP contribution in [0.15, 0.2) is 6.20 Å².